The van der Waals surface area contributed by atoms with Gasteiger partial charge in [0.1, 0.15) is 17.5 Å². The van der Waals surface area contributed by atoms with Gasteiger partial charge in [-0.25, -0.2) is 27.3 Å². The highest BCUT2D eigenvalue weighted by Crippen LogP contribution is 2.40. The van der Waals surface area contributed by atoms with Crippen LogP contribution in [0.15, 0.2) is 70.8 Å². The molecule has 0 aliphatic heterocycles. The first-order valence-corrected chi connectivity index (χ1v) is 13.0. The summed E-state index contributed by atoms with van der Waals surface area (Å²) in [5.41, 5.74) is 2.47. The van der Waals surface area contributed by atoms with Crippen molar-refractivity contribution in [2.45, 2.75) is 43.0 Å². The van der Waals surface area contributed by atoms with Crippen LogP contribution in [0.25, 0.3) is 33.6 Å². The molecule has 0 radical (unpaired) electrons. The molecule has 10 heteroatoms. The summed E-state index contributed by atoms with van der Waals surface area (Å²) in [6.45, 7) is 0. The zero-order chi connectivity index (χ0) is 24.0. The molecule has 0 unspecified atom stereocenters. The van der Waals surface area contributed by atoms with Crippen molar-refractivity contribution in [3.05, 3.63) is 61.4 Å². The Morgan fingerprint density at radius 1 is 1.09 bits per heavy atom. The van der Waals surface area contributed by atoms with Gasteiger partial charge in [0.25, 0.3) is 10.0 Å². The van der Waals surface area contributed by atoms with Crippen molar-refractivity contribution in [1.29, 1.82) is 5.26 Å². The molecule has 0 amide bonds. The van der Waals surface area contributed by atoms with E-state index in [4.69, 9.17) is 14.7 Å². The summed E-state index contributed by atoms with van der Waals surface area (Å²) in [6.07, 6.45) is 10.4. The summed E-state index contributed by atoms with van der Waals surface area (Å²) in [7, 11) is -3.81. The van der Waals surface area contributed by atoms with Gasteiger partial charge < -0.3 is 8.98 Å². The fourth-order valence-electron chi connectivity index (χ4n) is 5.14. The van der Waals surface area contributed by atoms with E-state index in [0.29, 0.717) is 40.4 Å². The van der Waals surface area contributed by atoms with Crippen molar-refractivity contribution in [2.75, 3.05) is 0 Å². The molecule has 4 aromatic heterocycles. The Balaban J connectivity index is 1.54. The number of oxazole rings is 1. The van der Waals surface area contributed by atoms with Crippen molar-refractivity contribution in [3.63, 3.8) is 0 Å². The number of hydrogen-bond acceptors (Lipinski definition) is 7. The Labute approximate surface area is 201 Å². The molecule has 176 valence electrons. The third kappa shape index (κ3) is 3.51. The summed E-state index contributed by atoms with van der Waals surface area (Å²) in [5, 5.41) is 9.82. The standard InChI is InChI=1S/C25H22N6O3S/c26-12-10-17-6-8-18(9-7-17)31-23-20-11-13-30(35(32,33)19-4-2-1-3-5-19)24(20)27-14-21(23)29-25(31)22-15-34-16-28-22/h1-5,11,13-18H,6-10H2. The van der Waals surface area contributed by atoms with E-state index >= 15 is 0 Å². The molecule has 0 bridgehead atoms. The lowest BCUT2D eigenvalue weighted by Gasteiger charge is -2.29. The second-order valence-electron chi connectivity index (χ2n) is 8.87. The largest absolute Gasteiger partial charge is 0.451 e. The van der Waals surface area contributed by atoms with Crippen LogP contribution in [0.2, 0.25) is 0 Å². The van der Waals surface area contributed by atoms with Crippen molar-refractivity contribution in [1.82, 2.24) is 23.5 Å². The smallest absolute Gasteiger partial charge is 0.269 e. The molecule has 5 aromatic rings. The van der Waals surface area contributed by atoms with Gasteiger partial charge in [-0.05, 0) is 49.8 Å². The van der Waals surface area contributed by atoms with Crippen molar-refractivity contribution < 1.29 is 12.8 Å². The van der Waals surface area contributed by atoms with Crippen molar-refractivity contribution >= 4 is 32.1 Å². The van der Waals surface area contributed by atoms with E-state index in [1.165, 1.54) is 10.4 Å². The average Bonchev–Trinajstić information content (AvgIpc) is 3.63. The molecule has 6 rings (SSSR count). The Morgan fingerprint density at radius 2 is 1.89 bits per heavy atom. The van der Waals surface area contributed by atoms with E-state index < -0.39 is 10.0 Å². The van der Waals surface area contributed by atoms with Gasteiger partial charge in [0, 0.05) is 24.0 Å². The summed E-state index contributed by atoms with van der Waals surface area (Å²) in [5.74, 6) is 1.07. The lowest BCUT2D eigenvalue weighted by Crippen LogP contribution is -2.19. The molecular formula is C25H22N6O3S. The number of benzene rings is 1. The van der Waals surface area contributed by atoms with Crippen LogP contribution in [0.1, 0.15) is 38.1 Å². The average molecular weight is 487 g/mol. The Bertz CT molecular complexity index is 1660. The third-order valence-corrected chi connectivity index (χ3v) is 8.53. The van der Waals surface area contributed by atoms with E-state index in [9.17, 15) is 8.42 Å². The van der Waals surface area contributed by atoms with E-state index in [0.717, 1.165) is 31.2 Å². The molecule has 35 heavy (non-hydrogen) atoms. The summed E-state index contributed by atoms with van der Waals surface area (Å²) in [4.78, 5) is 13.9. The highest BCUT2D eigenvalue weighted by atomic mass is 32.2. The molecule has 0 atom stereocenters. The van der Waals surface area contributed by atoms with Crippen LogP contribution in [0.5, 0.6) is 0 Å². The second kappa shape index (κ2) is 8.36. The Kier molecular flexibility index (Phi) is 5.15. The molecule has 1 aliphatic carbocycles. The first kappa shape index (κ1) is 21.6. The van der Waals surface area contributed by atoms with Crippen LogP contribution in [0.4, 0.5) is 0 Å². The molecule has 1 fully saturated rings. The minimum atomic E-state index is -3.81. The van der Waals surface area contributed by atoms with E-state index in [1.54, 1.807) is 55.1 Å². The number of aromatic nitrogens is 5. The SMILES string of the molecule is N#CCC1CCC(n2c(-c3cocn3)nc3cnc4c(ccn4S(=O)(=O)c4ccccc4)c32)CC1. The first-order chi connectivity index (χ1) is 17.1. The van der Waals surface area contributed by atoms with Gasteiger partial charge in [-0.1, -0.05) is 18.2 Å². The van der Waals surface area contributed by atoms with Gasteiger partial charge in [0.15, 0.2) is 17.9 Å². The number of fused-ring (bicyclic) bond motifs is 3. The number of pyridine rings is 1. The normalized spacial score (nSPS) is 18.7. The van der Waals surface area contributed by atoms with Crippen LogP contribution in [-0.4, -0.2) is 31.9 Å². The molecule has 0 saturated heterocycles. The minimum absolute atomic E-state index is 0.140. The van der Waals surface area contributed by atoms with E-state index in [-0.39, 0.29) is 10.9 Å². The maximum absolute atomic E-state index is 13.4. The second-order valence-corrected chi connectivity index (χ2v) is 10.7. The summed E-state index contributed by atoms with van der Waals surface area (Å²) < 4.78 is 35.4. The topological polar surface area (TPSA) is 120 Å². The van der Waals surface area contributed by atoms with Gasteiger partial charge in [0.05, 0.1) is 22.7 Å². The fourth-order valence-corrected chi connectivity index (χ4v) is 6.47. The maximum Gasteiger partial charge on any atom is 0.269 e. The lowest BCUT2D eigenvalue weighted by molar-refractivity contribution is 0.283. The fraction of sp³-hybridized carbons (Fsp3) is 0.280. The molecular weight excluding hydrogens is 464 g/mol. The monoisotopic (exact) mass is 486 g/mol. The highest BCUT2D eigenvalue weighted by Gasteiger charge is 2.29. The predicted octanol–water partition coefficient (Wildman–Crippen LogP) is 4.92. The molecule has 4 heterocycles. The molecule has 0 spiro atoms. The number of nitriles is 1. The third-order valence-electron chi connectivity index (χ3n) is 6.85. The Morgan fingerprint density at radius 3 is 2.60 bits per heavy atom. The molecule has 9 nitrogen and oxygen atoms in total. The van der Waals surface area contributed by atoms with Crippen molar-refractivity contribution in [3.8, 4) is 17.6 Å². The predicted molar refractivity (Wildman–Crippen MR) is 129 cm³/mol. The summed E-state index contributed by atoms with van der Waals surface area (Å²) in [6, 6.07) is 12.6. The molecule has 1 saturated carbocycles. The van der Waals surface area contributed by atoms with Crippen LogP contribution >= 0.6 is 0 Å². The zero-order valence-electron chi connectivity index (χ0n) is 18.8. The lowest BCUT2D eigenvalue weighted by atomic mass is 9.84. The van der Waals surface area contributed by atoms with Crippen LogP contribution < -0.4 is 0 Å². The maximum atomic E-state index is 13.4. The Hall–Kier alpha value is -3.97. The number of rotatable bonds is 5. The highest BCUT2D eigenvalue weighted by molar-refractivity contribution is 7.90. The zero-order valence-corrected chi connectivity index (χ0v) is 19.6. The van der Waals surface area contributed by atoms with Crippen LogP contribution in [-0.2, 0) is 10.0 Å². The molecule has 1 aromatic carbocycles. The van der Waals surface area contributed by atoms with Gasteiger partial charge in [0.2, 0.25) is 0 Å². The molecule has 1 aliphatic rings. The van der Waals surface area contributed by atoms with Gasteiger partial charge in [-0.15, -0.1) is 0 Å². The van der Waals surface area contributed by atoms with E-state index in [2.05, 4.69) is 20.6 Å². The van der Waals surface area contributed by atoms with Crippen LogP contribution in [0, 0.1) is 17.2 Å². The van der Waals surface area contributed by atoms with Crippen LogP contribution in [0.3, 0.4) is 0 Å². The van der Waals surface area contributed by atoms with Gasteiger partial charge >= 0.3 is 0 Å². The van der Waals surface area contributed by atoms with Gasteiger partial charge in [-0.2, -0.15) is 5.26 Å². The van der Waals surface area contributed by atoms with Crippen molar-refractivity contribution in [2.24, 2.45) is 5.92 Å². The number of nitrogens with zero attached hydrogens (tertiary/aromatic N) is 6. The first-order valence-electron chi connectivity index (χ1n) is 11.5. The number of hydrogen-bond donors (Lipinski definition) is 0. The van der Waals surface area contributed by atoms with E-state index in [1.807, 2.05) is 0 Å². The quantitative estimate of drug-likeness (QED) is 0.346. The van der Waals surface area contributed by atoms with Gasteiger partial charge in [-0.3, -0.25) is 0 Å². The number of imidazole rings is 1. The minimum Gasteiger partial charge on any atom is -0.451 e. The molecule has 0 N–H and O–H groups in total. The summed E-state index contributed by atoms with van der Waals surface area (Å²) >= 11 is 0.